The van der Waals surface area contributed by atoms with Gasteiger partial charge in [0, 0.05) is 11.1 Å². The van der Waals surface area contributed by atoms with Gasteiger partial charge < -0.3 is 19.1 Å². The second-order valence-corrected chi connectivity index (χ2v) is 5.71. The van der Waals surface area contributed by atoms with E-state index in [1.165, 1.54) is 0 Å². The van der Waals surface area contributed by atoms with Gasteiger partial charge in [0.05, 0.1) is 14.2 Å². The monoisotopic (exact) mass is 354 g/mol. The zero-order chi connectivity index (χ0) is 18.2. The van der Waals surface area contributed by atoms with Crippen molar-refractivity contribution in [2.45, 2.75) is 12.8 Å². The summed E-state index contributed by atoms with van der Waals surface area (Å²) in [6, 6.07) is 15.2. The van der Waals surface area contributed by atoms with E-state index < -0.39 is 0 Å². The predicted octanol–water partition coefficient (Wildman–Crippen LogP) is 3.64. The van der Waals surface area contributed by atoms with Crippen molar-refractivity contribution in [2.75, 3.05) is 27.4 Å². The minimum Gasteiger partial charge on any atom is -0.497 e. The Hall–Kier alpha value is -3.02. The van der Waals surface area contributed by atoms with Crippen LogP contribution >= 0.6 is 0 Å². The lowest BCUT2D eigenvalue weighted by Gasteiger charge is -2.13. The summed E-state index contributed by atoms with van der Waals surface area (Å²) in [6.07, 6.45) is 1.74. The lowest BCUT2D eigenvalue weighted by Crippen LogP contribution is -2.19. The minimum absolute atomic E-state index is 0.541. The van der Waals surface area contributed by atoms with Crippen LogP contribution in [-0.2, 0) is 9.68 Å². The summed E-state index contributed by atoms with van der Waals surface area (Å²) in [4.78, 5) is 11.1. The molecule has 0 radical (unpaired) electrons. The molecule has 2 aromatic carbocycles. The average Bonchev–Trinajstić information content (AvgIpc) is 2.71. The Morgan fingerprint density at radius 3 is 1.38 bits per heavy atom. The highest BCUT2D eigenvalue weighted by molar-refractivity contribution is 6.53. The van der Waals surface area contributed by atoms with Crippen molar-refractivity contribution in [3.63, 3.8) is 0 Å². The highest BCUT2D eigenvalue weighted by Gasteiger charge is 2.18. The number of nitrogens with zero attached hydrogens (tertiary/aromatic N) is 2. The molecule has 0 aliphatic carbocycles. The topological polar surface area (TPSA) is 61.6 Å². The molecule has 1 heterocycles. The lowest BCUT2D eigenvalue weighted by molar-refractivity contribution is 0.108. The summed E-state index contributed by atoms with van der Waals surface area (Å²) in [5.74, 6) is 1.55. The quantitative estimate of drug-likeness (QED) is 0.841. The molecule has 0 unspecified atom stereocenters. The van der Waals surface area contributed by atoms with Crippen LogP contribution in [0.4, 0.5) is 0 Å². The number of rotatable bonds is 4. The van der Waals surface area contributed by atoms with Crippen molar-refractivity contribution in [1.82, 2.24) is 0 Å². The fourth-order valence-electron chi connectivity index (χ4n) is 2.52. The van der Waals surface area contributed by atoms with Gasteiger partial charge in [-0.3, -0.25) is 0 Å². The van der Waals surface area contributed by atoms with Crippen molar-refractivity contribution in [3.8, 4) is 11.5 Å². The third-order valence-electron chi connectivity index (χ3n) is 3.98. The molecule has 0 saturated heterocycles. The molecule has 136 valence electrons. The number of oxime groups is 2. The van der Waals surface area contributed by atoms with Gasteiger partial charge in [-0.15, -0.1) is 0 Å². The predicted molar refractivity (Wildman–Crippen MR) is 100 cm³/mol. The van der Waals surface area contributed by atoms with E-state index in [2.05, 4.69) is 10.3 Å². The first-order chi connectivity index (χ1) is 12.8. The number of ether oxygens (including phenoxy) is 2. The van der Waals surface area contributed by atoms with Crippen LogP contribution in [0, 0.1) is 0 Å². The number of benzene rings is 2. The first-order valence-corrected chi connectivity index (χ1v) is 8.51. The molecule has 0 fully saturated rings. The van der Waals surface area contributed by atoms with Crippen molar-refractivity contribution >= 4 is 11.4 Å². The fraction of sp³-hybridized carbons (Fsp3) is 0.300. The van der Waals surface area contributed by atoms with Crippen LogP contribution in [-0.4, -0.2) is 38.9 Å². The molecule has 0 aromatic heterocycles. The molecule has 2 aromatic rings. The van der Waals surface area contributed by atoms with Gasteiger partial charge >= 0.3 is 0 Å². The summed E-state index contributed by atoms with van der Waals surface area (Å²) in [5, 5.41) is 8.69. The summed E-state index contributed by atoms with van der Waals surface area (Å²) < 4.78 is 10.5. The second kappa shape index (κ2) is 8.89. The molecule has 6 heteroatoms. The summed E-state index contributed by atoms with van der Waals surface area (Å²) in [5.41, 5.74) is 2.95. The Balaban J connectivity index is 2.02. The molecule has 0 amide bonds. The Morgan fingerprint density at radius 2 is 1.04 bits per heavy atom. The lowest BCUT2D eigenvalue weighted by atomic mass is 10.00. The minimum atomic E-state index is 0.541. The molecule has 1 aliphatic rings. The molecule has 0 N–H and O–H groups in total. The van der Waals surface area contributed by atoms with Crippen LogP contribution in [0.3, 0.4) is 0 Å². The Kier molecular flexibility index (Phi) is 6.09. The molecular formula is C20H22N2O4. The van der Waals surface area contributed by atoms with Crippen molar-refractivity contribution in [2.24, 2.45) is 10.3 Å². The van der Waals surface area contributed by atoms with E-state index >= 15 is 0 Å². The molecule has 6 nitrogen and oxygen atoms in total. The zero-order valence-corrected chi connectivity index (χ0v) is 15.0. The molecule has 0 saturated carbocycles. The largest absolute Gasteiger partial charge is 0.497 e. The maximum Gasteiger partial charge on any atom is 0.139 e. The van der Waals surface area contributed by atoms with Gasteiger partial charge in [-0.1, -0.05) is 10.3 Å². The number of hydrogen-bond acceptors (Lipinski definition) is 6. The number of methoxy groups -OCH3 is 2. The van der Waals surface area contributed by atoms with Crippen LogP contribution in [0.15, 0.2) is 58.8 Å². The second-order valence-electron chi connectivity index (χ2n) is 5.71. The molecule has 0 spiro atoms. The van der Waals surface area contributed by atoms with Crippen LogP contribution in [0.5, 0.6) is 11.5 Å². The first-order valence-electron chi connectivity index (χ1n) is 8.51. The molecule has 26 heavy (non-hydrogen) atoms. The van der Waals surface area contributed by atoms with Crippen LogP contribution in [0.25, 0.3) is 0 Å². The van der Waals surface area contributed by atoms with Crippen LogP contribution < -0.4 is 9.47 Å². The van der Waals surface area contributed by atoms with Gasteiger partial charge in [-0.2, -0.15) is 0 Å². The third-order valence-corrected chi connectivity index (χ3v) is 3.98. The van der Waals surface area contributed by atoms with Crippen LogP contribution in [0.1, 0.15) is 24.0 Å². The van der Waals surface area contributed by atoms with E-state index in [0.29, 0.717) is 24.6 Å². The Labute approximate surface area is 153 Å². The normalized spacial score (nSPS) is 19.0. The zero-order valence-electron chi connectivity index (χ0n) is 15.0. The standard InChI is InChI=1S/C20H22N2O4/c1-23-17-9-5-15(6-10-17)19-20(16-7-11-18(24-2)12-8-16)22-26-14-4-3-13-25-21-19/h5-12H,3-4,13-14H2,1-2H3/b21-19-,22-20-. The van der Waals surface area contributed by atoms with Gasteiger partial charge in [-0.25, -0.2) is 0 Å². The maximum atomic E-state index is 5.53. The highest BCUT2D eigenvalue weighted by atomic mass is 16.6. The molecule has 0 atom stereocenters. The van der Waals surface area contributed by atoms with Crippen molar-refractivity contribution < 1.29 is 19.1 Å². The van der Waals surface area contributed by atoms with Gasteiger partial charge in [-0.05, 0) is 61.4 Å². The molecule has 1 aliphatic heterocycles. The number of hydrogen-bond donors (Lipinski definition) is 0. The first kappa shape index (κ1) is 17.8. The average molecular weight is 354 g/mol. The van der Waals surface area contributed by atoms with Crippen LogP contribution in [0.2, 0.25) is 0 Å². The SMILES string of the molecule is COc1ccc(C2=N/OCCCCO/N=C\2c2ccc(OC)cc2)cc1. The van der Waals surface area contributed by atoms with Gasteiger partial charge in [0.1, 0.15) is 36.1 Å². The van der Waals surface area contributed by atoms with Gasteiger partial charge in [0.15, 0.2) is 0 Å². The third kappa shape index (κ3) is 4.33. The molecular weight excluding hydrogens is 332 g/mol. The van der Waals surface area contributed by atoms with E-state index in [-0.39, 0.29) is 0 Å². The van der Waals surface area contributed by atoms with Crippen molar-refractivity contribution in [1.29, 1.82) is 0 Å². The van der Waals surface area contributed by atoms with E-state index in [0.717, 1.165) is 35.5 Å². The van der Waals surface area contributed by atoms with E-state index in [9.17, 15) is 0 Å². The summed E-state index contributed by atoms with van der Waals surface area (Å²) >= 11 is 0. The smallest absolute Gasteiger partial charge is 0.139 e. The summed E-state index contributed by atoms with van der Waals surface area (Å²) in [6.45, 7) is 1.08. The van der Waals surface area contributed by atoms with Gasteiger partial charge in [0.25, 0.3) is 0 Å². The summed E-state index contributed by atoms with van der Waals surface area (Å²) in [7, 11) is 3.27. The Morgan fingerprint density at radius 1 is 0.654 bits per heavy atom. The van der Waals surface area contributed by atoms with E-state index in [1.54, 1.807) is 14.2 Å². The maximum absolute atomic E-state index is 5.53. The highest BCUT2D eigenvalue weighted by Crippen LogP contribution is 2.18. The molecule has 3 rings (SSSR count). The van der Waals surface area contributed by atoms with Crippen molar-refractivity contribution in [3.05, 3.63) is 59.7 Å². The van der Waals surface area contributed by atoms with E-state index in [4.69, 9.17) is 19.1 Å². The molecule has 0 bridgehead atoms. The van der Waals surface area contributed by atoms with Gasteiger partial charge in [0.2, 0.25) is 0 Å². The fourth-order valence-corrected chi connectivity index (χ4v) is 2.52. The van der Waals surface area contributed by atoms with E-state index in [1.807, 2.05) is 48.5 Å². The Bertz CT molecular complexity index is 700.